The lowest BCUT2D eigenvalue weighted by Crippen LogP contribution is -2.22. The SMILES string of the molecule is Cc1ccc(-c2ccn(-c3ccc4c5c(oc4c3)CCNC5)c(=O)c2)c(Cl)c1. The molecule has 0 aliphatic carbocycles. The lowest BCUT2D eigenvalue weighted by atomic mass is 10.0. The van der Waals surface area contributed by atoms with E-state index in [0.29, 0.717) is 5.02 Å². The average molecular weight is 391 g/mol. The molecule has 3 heterocycles. The lowest BCUT2D eigenvalue weighted by Gasteiger charge is -2.11. The van der Waals surface area contributed by atoms with Crippen molar-refractivity contribution in [1.29, 1.82) is 0 Å². The summed E-state index contributed by atoms with van der Waals surface area (Å²) in [5.74, 6) is 1.04. The molecule has 4 aromatic rings. The molecule has 0 atom stereocenters. The number of fused-ring (bicyclic) bond motifs is 3. The second kappa shape index (κ2) is 6.66. The Morgan fingerprint density at radius 2 is 2.00 bits per heavy atom. The lowest BCUT2D eigenvalue weighted by molar-refractivity contribution is 0.500. The van der Waals surface area contributed by atoms with E-state index in [1.165, 1.54) is 5.56 Å². The molecule has 0 saturated heterocycles. The van der Waals surface area contributed by atoms with Crippen LogP contribution >= 0.6 is 11.6 Å². The summed E-state index contributed by atoms with van der Waals surface area (Å²) in [7, 11) is 0. The molecule has 5 rings (SSSR count). The highest BCUT2D eigenvalue weighted by Crippen LogP contribution is 2.30. The molecule has 0 unspecified atom stereocenters. The highest BCUT2D eigenvalue weighted by molar-refractivity contribution is 6.33. The van der Waals surface area contributed by atoms with Crippen molar-refractivity contribution in [3.05, 3.63) is 87.0 Å². The maximum Gasteiger partial charge on any atom is 0.255 e. The smallest absolute Gasteiger partial charge is 0.255 e. The van der Waals surface area contributed by atoms with E-state index < -0.39 is 0 Å². The maximum absolute atomic E-state index is 12.8. The minimum Gasteiger partial charge on any atom is -0.461 e. The summed E-state index contributed by atoms with van der Waals surface area (Å²) in [6, 6.07) is 15.3. The van der Waals surface area contributed by atoms with Gasteiger partial charge in [0.1, 0.15) is 11.3 Å². The van der Waals surface area contributed by atoms with E-state index in [-0.39, 0.29) is 5.56 Å². The molecule has 0 radical (unpaired) electrons. The number of pyridine rings is 1. The largest absolute Gasteiger partial charge is 0.461 e. The molecule has 1 aliphatic heterocycles. The van der Waals surface area contributed by atoms with E-state index in [2.05, 4.69) is 5.32 Å². The molecule has 0 saturated carbocycles. The Kier molecular flexibility index (Phi) is 4.11. The van der Waals surface area contributed by atoms with Gasteiger partial charge in [-0.05, 0) is 42.3 Å². The Labute approximate surface area is 167 Å². The van der Waals surface area contributed by atoms with Gasteiger partial charge >= 0.3 is 0 Å². The van der Waals surface area contributed by atoms with Gasteiger partial charge in [-0.15, -0.1) is 0 Å². The van der Waals surface area contributed by atoms with Crippen molar-refractivity contribution >= 4 is 22.6 Å². The van der Waals surface area contributed by atoms with Crippen LogP contribution < -0.4 is 10.9 Å². The van der Waals surface area contributed by atoms with Gasteiger partial charge < -0.3 is 9.73 Å². The molecule has 0 amide bonds. The van der Waals surface area contributed by atoms with Crippen molar-refractivity contribution in [3.8, 4) is 16.8 Å². The molecule has 2 aromatic heterocycles. The first-order chi connectivity index (χ1) is 13.6. The van der Waals surface area contributed by atoms with Crippen LogP contribution in [0.2, 0.25) is 5.02 Å². The van der Waals surface area contributed by atoms with Crippen molar-refractivity contribution < 1.29 is 4.42 Å². The summed E-state index contributed by atoms with van der Waals surface area (Å²) >= 11 is 6.36. The fraction of sp³-hybridized carbons (Fsp3) is 0.174. The zero-order valence-electron chi connectivity index (χ0n) is 15.5. The summed E-state index contributed by atoms with van der Waals surface area (Å²) in [5.41, 5.74) is 5.50. The first kappa shape index (κ1) is 17.3. The second-order valence-corrected chi connectivity index (χ2v) is 7.63. The minimum absolute atomic E-state index is 0.105. The molecule has 2 aromatic carbocycles. The molecular weight excluding hydrogens is 372 g/mol. The highest BCUT2D eigenvalue weighted by atomic mass is 35.5. The number of nitrogens with zero attached hydrogens (tertiary/aromatic N) is 1. The number of hydrogen-bond acceptors (Lipinski definition) is 3. The van der Waals surface area contributed by atoms with E-state index in [1.54, 1.807) is 16.8 Å². The second-order valence-electron chi connectivity index (χ2n) is 7.22. The predicted octanol–water partition coefficient (Wildman–Crippen LogP) is 4.86. The normalized spacial score (nSPS) is 13.6. The van der Waals surface area contributed by atoms with E-state index in [9.17, 15) is 4.79 Å². The summed E-state index contributed by atoms with van der Waals surface area (Å²) < 4.78 is 7.67. The number of nitrogens with one attached hydrogen (secondary N) is 1. The molecule has 1 aliphatic rings. The van der Waals surface area contributed by atoms with Crippen LogP contribution in [0.5, 0.6) is 0 Å². The minimum atomic E-state index is -0.105. The van der Waals surface area contributed by atoms with E-state index in [1.807, 2.05) is 49.4 Å². The van der Waals surface area contributed by atoms with Crippen LogP contribution in [0.1, 0.15) is 16.9 Å². The molecule has 5 heteroatoms. The van der Waals surface area contributed by atoms with Gasteiger partial charge in [0, 0.05) is 59.4 Å². The van der Waals surface area contributed by atoms with Gasteiger partial charge in [-0.2, -0.15) is 0 Å². The Balaban J connectivity index is 1.57. The molecule has 0 bridgehead atoms. The Morgan fingerprint density at radius 1 is 1.11 bits per heavy atom. The predicted molar refractivity (Wildman–Crippen MR) is 112 cm³/mol. The third-order valence-corrected chi connectivity index (χ3v) is 5.64. The molecule has 0 spiro atoms. The zero-order chi connectivity index (χ0) is 19.3. The van der Waals surface area contributed by atoms with Gasteiger partial charge in [-0.25, -0.2) is 0 Å². The zero-order valence-corrected chi connectivity index (χ0v) is 16.2. The summed E-state index contributed by atoms with van der Waals surface area (Å²) in [6.07, 6.45) is 2.69. The van der Waals surface area contributed by atoms with Gasteiger partial charge in [0.2, 0.25) is 0 Å². The van der Waals surface area contributed by atoms with Crippen LogP contribution in [0.4, 0.5) is 0 Å². The number of rotatable bonds is 2. The van der Waals surface area contributed by atoms with Crippen LogP contribution in [0.3, 0.4) is 0 Å². The molecule has 1 N–H and O–H groups in total. The molecule has 140 valence electrons. The maximum atomic E-state index is 12.8. The standard InChI is InChI=1S/C23H19ClN2O2/c1-14-2-4-17(20(24)10-14)15-7-9-26(23(27)11-15)16-3-5-18-19-13-25-8-6-21(19)28-22(18)12-16/h2-5,7,9-12,25H,6,8,13H2,1H3. The molecule has 28 heavy (non-hydrogen) atoms. The van der Waals surface area contributed by atoms with Gasteiger partial charge in [0.15, 0.2) is 0 Å². The van der Waals surface area contributed by atoms with E-state index >= 15 is 0 Å². The van der Waals surface area contributed by atoms with E-state index in [4.69, 9.17) is 16.0 Å². The average Bonchev–Trinajstić information content (AvgIpc) is 3.05. The van der Waals surface area contributed by atoms with Crippen molar-refractivity contribution in [3.63, 3.8) is 0 Å². The Hall–Kier alpha value is -2.82. The number of aryl methyl sites for hydroxylation is 1. The van der Waals surface area contributed by atoms with Crippen LogP contribution in [0, 0.1) is 6.92 Å². The third-order valence-electron chi connectivity index (χ3n) is 5.32. The molecule has 0 fully saturated rings. The van der Waals surface area contributed by atoms with Gasteiger partial charge in [-0.3, -0.25) is 9.36 Å². The summed E-state index contributed by atoms with van der Waals surface area (Å²) in [5, 5.41) is 5.14. The Morgan fingerprint density at radius 3 is 2.82 bits per heavy atom. The number of furan rings is 1. The van der Waals surface area contributed by atoms with Crippen LogP contribution in [-0.4, -0.2) is 11.1 Å². The number of hydrogen-bond donors (Lipinski definition) is 1. The van der Waals surface area contributed by atoms with Crippen molar-refractivity contribution in [2.75, 3.05) is 6.54 Å². The summed E-state index contributed by atoms with van der Waals surface area (Å²) in [4.78, 5) is 12.8. The topological polar surface area (TPSA) is 47.2 Å². The fourth-order valence-electron chi connectivity index (χ4n) is 3.86. The van der Waals surface area contributed by atoms with Crippen molar-refractivity contribution in [2.24, 2.45) is 0 Å². The number of benzene rings is 2. The Bertz CT molecular complexity index is 1270. The monoisotopic (exact) mass is 390 g/mol. The summed E-state index contributed by atoms with van der Waals surface area (Å²) in [6.45, 7) is 3.75. The van der Waals surface area contributed by atoms with Crippen LogP contribution in [-0.2, 0) is 13.0 Å². The number of halogens is 1. The van der Waals surface area contributed by atoms with Gasteiger partial charge in [0.05, 0.1) is 5.69 Å². The van der Waals surface area contributed by atoms with Crippen LogP contribution in [0.25, 0.3) is 27.8 Å². The van der Waals surface area contributed by atoms with Gasteiger partial charge in [-0.1, -0.05) is 23.7 Å². The highest BCUT2D eigenvalue weighted by Gasteiger charge is 2.18. The van der Waals surface area contributed by atoms with E-state index in [0.717, 1.165) is 58.6 Å². The molecule has 4 nitrogen and oxygen atoms in total. The van der Waals surface area contributed by atoms with Crippen molar-refractivity contribution in [2.45, 2.75) is 19.9 Å². The first-order valence-corrected chi connectivity index (χ1v) is 9.72. The molecular formula is C23H19ClN2O2. The first-order valence-electron chi connectivity index (χ1n) is 9.35. The van der Waals surface area contributed by atoms with Gasteiger partial charge in [0.25, 0.3) is 5.56 Å². The third kappa shape index (κ3) is 2.86. The van der Waals surface area contributed by atoms with Crippen molar-refractivity contribution in [1.82, 2.24) is 9.88 Å². The quantitative estimate of drug-likeness (QED) is 0.531. The number of aromatic nitrogens is 1. The fourth-order valence-corrected chi connectivity index (χ4v) is 4.21. The van der Waals surface area contributed by atoms with Crippen LogP contribution in [0.15, 0.2) is 63.9 Å².